The Hall–Kier alpha value is -2.47. The molecule has 0 aliphatic heterocycles. The Labute approximate surface area is 149 Å². The number of aryl methyl sites for hydroxylation is 1. The van der Waals surface area contributed by atoms with Crippen LogP contribution in [0.2, 0.25) is 0 Å². The largest absolute Gasteiger partial charge is 0.497 e. The molecule has 3 aromatic rings. The maximum absolute atomic E-state index is 13.0. The molecular weight excluding hydrogens is 353 g/mol. The minimum absolute atomic E-state index is 0. The molecule has 7 heteroatoms. The van der Waals surface area contributed by atoms with Gasteiger partial charge in [-0.25, -0.2) is 0 Å². The minimum atomic E-state index is -4.44. The first-order chi connectivity index (χ1) is 11.4. The third-order valence-corrected chi connectivity index (χ3v) is 3.59. The van der Waals surface area contributed by atoms with E-state index in [4.69, 9.17) is 4.74 Å². The Morgan fingerprint density at radius 3 is 2.44 bits per heavy atom. The van der Waals surface area contributed by atoms with Crippen LogP contribution in [0.3, 0.4) is 0 Å². The van der Waals surface area contributed by atoms with Crippen molar-refractivity contribution in [3.8, 4) is 5.75 Å². The number of hydrogen-bond donors (Lipinski definition) is 1. The van der Waals surface area contributed by atoms with Crippen LogP contribution in [0.5, 0.6) is 5.75 Å². The highest BCUT2D eigenvalue weighted by molar-refractivity contribution is 5.93. The predicted octanol–water partition coefficient (Wildman–Crippen LogP) is 5.74. The average molecular weight is 369 g/mol. The van der Waals surface area contributed by atoms with Crippen LogP contribution in [0.25, 0.3) is 10.9 Å². The van der Waals surface area contributed by atoms with Crippen LogP contribution in [-0.4, -0.2) is 12.1 Å². The van der Waals surface area contributed by atoms with Crippen molar-refractivity contribution < 1.29 is 17.9 Å². The maximum Gasteiger partial charge on any atom is 0.416 e. The number of fused-ring (bicyclic) bond motifs is 1. The zero-order valence-corrected chi connectivity index (χ0v) is 14.3. The number of hydrogen-bond acceptors (Lipinski definition) is 3. The molecule has 0 bridgehead atoms. The Bertz CT molecular complexity index is 897. The molecule has 3 nitrogen and oxygen atoms in total. The first-order valence-electron chi connectivity index (χ1n) is 7.26. The molecule has 0 aliphatic carbocycles. The molecule has 1 aromatic heterocycles. The van der Waals surface area contributed by atoms with E-state index in [-0.39, 0.29) is 18.2 Å². The lowest BCUT2D eigenvalue weighted by Crippen LogP contribution is -2.06. The molecule has 0 saturated heterocycles. The monoisotopic (exact) mass is 368 g/mol. The Kier molecular flexibility index (Phi) is 5.42. The van der Waals surface area contributed by atoms with Crippen molar-refractivity contribution in [1.82, 2.24) is 4.98 Å². The van der Waals surface area contributed by atoms with Crippen molar-refractivity contribution in [2.75, 3.05) is 12.4 Å². The average Bonchev–Trinajstić information content (AvgIpc) is 2.53. The zero-order valence-electron chi connectivity index (χ0n) is 13.5. The first kappa shape index (κ1) is 18.9. The van der Waals surface area contributed by atoms with Crippen molar-refractivity contribution in [2.45, 2.75) is 13.1 Å². The third-order valence-electron chi connectivity index (χ3n) is 3.59. The van der Waals surface area contributed by atoms with Gasteiger partial charge >= 0.3 is 6.18 Å². The number of ether oxygens (including phenoxy) is 1. The smallest absolute Gasteiger partial charge is 0.416 e. The summed E-state index contributed by atoms with van der Waals surface area (Å²) in [5.74, 6) is 0.141. The number of aromatic nitrogens is 1. The van der Waals surface area contributed by atoms with Gasteiger partial charge in [-0.15, -0.1) is 12.4 Å². The number of anilines is 2. The molecule has 0 spiro atoms. The summed E-state index contributed by atoms with van der Waals surface area (Å²) in [5.41, 5.74) is 1.78. The second-order valence-electron chi connectivity index (χ2n) is 5.40. The third kappa shape index (κ3) is 4.14. The zero-order chi connectivity index (χ0) is 17.3. The van der Waals surface area contributed by atoms with Crippen molar-refractivity contribution in [1.29, 1.82) is 0 Å². The number of methoxy groups -OCH3 is 1. The lowest BCUT2D eigenvalue weighted by atomic mass is 10.1. The SMILES string of the molecule is COc1cc(Nc2cc(C)nc3ccccc23)cc(C(F)(F)F)c1.Cl. The fraction of sp³-hybridized carbons (Fsp3) is 0.167. The lowest BCUT2D eigenvalue weighted by Gasteiger charge is -2.15. The van der Waals surface area contributed by atoms with Crippen LogP contribution in [0.1, 0.15) is 11.3 Å². The molecule has 0 atom stereocenters. The van der Waals surface area contributed by atoms with E-state index in [0.29, 0.717) is 11.4 Å². The van der Waals surface area contributed by atoms with Crippen LogP contribution in [0.4, 0.5) is 24.5 Å². The summed E-state index contributed by atoms with van der Waals surface area (Å²) in [7, 11) is 1.34. The quantitative estimate of drug-likeness (QED) is 0.640. The Morgan fingerprint density at radius 2 is 1.76 bits per heavy atom. The van der Waals surface area contributed by atoms with E-state index >= 15 is 0 Å². The lowest BCUT2D eigenvalue weighted by molar-refractivity contribution is -0.137. The van der Waals surface area contributed by atoms with Crippen LogP contribution >= 0.6 is 12.4 Å². The second-order valence-corrected chi connectivity index (χ2v) is 5.40. The molecule has 0 saturated carbocycles. The highest BCUT2D eigenvalue weighted by atomic mass is 35.5. The number of rotatable bonds is 3. The molecule has 1 N–H and O–H groups in total. The number of para-hydroxylation sites is 1. The summed E-state index contributed by atoms with van der Waals surface area (Å²) in [6, 6.07) is 12.8. The van der Waals surface area contributed by atoms with Crippen LogP contribution in [-0.2, 0) is 6.18 Å². The standard InChI is InChI=1S/C18H15F3N2O.ClH/c1-11-7-17(15-5-3-4-6-16(15)22-11)23-13-8-12(18(19,20)21)9-14(10-13)24-2;/h3-10H,1-2H3,(H,22,23);1H. The van der Waals surface area contributed by atoms with Crippen LogP contribution in [0.15, 0.2) is 48.5 Å². The van der Waals surface area contributed by atoms with Gasteiger partial charge in [0.25, 0.3) is 0 Å². The fourth-order valence-electron chi connectivity index (χ4n) is 2.52. The number of alkyl halides is 3. The van der Waals surface area contributed by atoms with Crippen molar-refractivity contribution >= 4 is 34.7 Å². The normalized spacial score (nSPS) is 11.1. The van der Waals surface area contributed by atoms with Gasteiger partial charge in [-0.1, -0.05) is 18.2 Å². The van der Waals surface area contributed by atoms with E-state index in [1.165, 1.54) is 13.2 Å². The fourth-order valence-corrected chi connectivity index (χ4v) is 2.52. The molecule has 0 aliphatic rings. The van der Waals surface area contributed by atoms with E-state index in [0.717, 1.165) is 28.7 Å². The minimum Gasteiger partial charge on any atom is -0.497 e. The molecule has 3 rings (SSSR count). The molecule has 1 heterocycles. The second kappa shape index (κ2) is 7.19. The van der Waals surface area contributed by atoms with Gasteiger partial charge in [0.2, 0.25) is 0 Å². The van der Waals surface area contributed by atoms with Gasteiger partial charge in [0.15, 0.2) is 0 Å². The topological polar surface area (TPSA) is 34.1 Å². The molecular formula is C18H16ClF3N2O. The van der Waals surface area contributed by atoms with E-state index in [1.807, 2.05) is 31.2 Å². The Morgan fingerprint density at radius 1 is 1.04 bits per heavy atom. The molecule has 0 unspecified atom stereocenters. The number of nitrogens with zero attached hydrogens (tertiary/aromatic N) is 1. The number of halogens is 4. The molecule has 132 valence electrons. The van der Waals surface area contributed by atoms with Crippen LogP contribution in [0, 0.1) is 6.92 Å². The van der Waals surface area contributed by atoms with Gasteiger partial charge in [0.1, 0.15) is 5.75 Å². The van der Waals surface area contributed by atoms with E-state index in [1.54, 1.807) is 6.07 Å². The first-order valence-corrected chi connectivity index (χ1v) is 7.26. The van der Waals surface area contributed by atoms with Crippen molar-refractivity contribution in [2.24, 2.45) is 0 Å². The summed E-state index contributed by atoms with van der Waals surface area (Å²) in [6.07, 6.45) is -4.44. The molecule has 0 radical (unpaired) electrons. The number of nitrogens with one attached hydrogen (secondary N) is 1. The van der Waals surface area contributed by atoms with Crippen molar-refractivity contribution in [3.63, 3.8) is 0 Å². The van der Waals surface area contributed by atoms with E-state index < -0.39 is 11.7 Å². The summed E-state index contributed by atoms with van der Waals surface area (Å²) in [5, 5.41) is 3.89. The Balaban J connectivity index is 0.00000225. The highest BCUT2D eigenvalue weighted by Gasteiger charge is 2.31. The molecule has 25 heavy (non-hydrogen) atoms. The van der Waals surface area contributed by atoms with Crippen molar-refractivity contribution in [3.05, 3.63) is 59.8 Å². The molecule has 2 aromatic carbocycles. The van der Waals surface area contributed by atoms with E-state index in [2.05, 4.69) is 10.3 Å². The summed E-state index contributed by atoms with van der Waals surface area (Å²) < 4.78 is 44.1. The number of pyridine rings is 1. The number of benzene rings is 2. The highest BCUT2D eigenvalue weighted by Crippen LogP contribution is 2.35. The summed E-state index contributed by atoms with van der Waals surface area (Å²) in [6.45, 7) is 1.84. The maximum atomic E-state index is 13.0. The van der Waals surface area contributed by atoms with Gasteiger partial charge in [-0.3, -0.25) is 4.98 Å². The van der Waals surface area contributed by atoms with Gasteiger partial charge < -0.3 is 10.1 Å². The summed E-state index contributed by atoms with van der Waals surface area (Å²) >= 11 is 0. The van der Waals surface area contributed by atoms with Crippen LogP contribution < -0.4 is 10.1 Å². The van der Waals surface area contributed by atoms with Gasteiger partial charge in [0, 0.05) is 28.5 Å². The summed E-state index contributed by atoms with van der Waals surface area (Å²) in [4.78, 5) is 4.42. The van der Waals surface area contributed by atoms with E-state index in [9.17, 15) is 13.2 Å². The van der Waals surface area contributed by atoms with Gasteiger partial charge in [-0.2, -0.15) is 13.2 Å². The predicted molar refractivity (Wildman–Crippen MR) is 95.0 cm³/mol. The molecule has 0 fully saturated rings. The van der Waals surface area contributed by atoms with Gasteiger partial charge in [-0.05, 0) is 31.2 Å². The van der Waals surface area contributed by atoms with Gasteiger partial charge in [0.05, 0.1) is 18.2 Å². The molecule has 0 amide bonds.